The Balaban J connectivity index is 2.41. The number of phenols is 2. The van der Waals surface area contributed by atoms with Gasteiger partial charge in [0.1, 0.15) is 17.2 Å². The van der Waals surface area contributed by atoms with Gasteiger partial charge in [-0.2, -0.15) is 0 Å². The van der Waals surface area contributed by atoms with Gasteiger partial charge in [0.25, 0.3) is 0 Å². The van der Waals surface area contributed by atoms with Crippen LogP contribution in [-0.4, -0.2) is 17.3 Å². The molecule has 0 heterocycles. The third kappa shape index (κ3) is 1.93. The Morgan fingerprint density at radius 2 is 1.70 bits per heavy atom. The van der Waals surface area contributed by atoms with Gasteiger partial charge in [-0.05, 0) is 35.0 Å². The minimum atomic E-state index is 0.104. The highest BCUT2D eigenvalue weighted by Crippen LogP contribution is 2.42. The molecule has 0 spiro atoms. The van der Waals surface area contributed by atoms with Crippen LogP contribution in [0.4, 0.5) is 0 Å². The van der Waals surface area contributed by atoms with E-state index in [0.717, 1.165) is 16.3 Å². The zero-order valence-electron chi connectivity index (χ0n) is 11.0. The van der Waals surface area contributed by atoms with E-state index >= 15 is 0 Å². The first-order valence-corrected chi connectivity index (χ1v) is 6.29. The standard InChI is InChI=1S/C17H14O3/c1-20-16-9-6-11-4-2-3-5-13(11)17(16)14-10-12(18)7-8-15(14)19/h2-10,18-19H,1H3. The fourth-order valence-corrected chi connectivity index (χ4v) is 2.42. The molecular weight excluding hydrogens is 252 g/mol. The highest BCUT2D eigenvalue weighted by Gasteiger charge is 2.14. The average molecular weight is 266 g/mol. The Kier molecular flexibility index (Phi) is 2.95. The van der Waals surface area contributed by atoms with E-state index in [1.165, 1.54) is 12.1 Å². The van der Waals surface area contributed by atoms with Gasteiger partial charge in [-0.1, -0.05) is 30.3 Å². The van der Waals surface area contributed by atoms with E-state index in [2.05, 4.69) is 0 Å². The maximum atomic E-state index is 10.1. The van der Waals surface area contributed by atoms with Crippen LogP contribution < -0.4 is 4.74 Å². The maximum absolute atomic E-state index is 10.1. The second-order valence-corrected chi connectivity index (χ2v) is 4.57. The molecule has 0 bridgehead atoms. The third-order valence-corrected chi connectivity index (χ3v) is 3.36. The molecule has 3 nitrogen and oxygen atoms in total. The summed E-state index contributed by atoms with van der Waals surface area (Å²) >= 11 is 0. The summed E-state index contributed by atoms with van der Waals surface area (Å²) < 4.78 is 5.41. The number of fused-ring (bicyclic) bond motifs is 1. The molecule has 100 valence electrons. The highest BCUT2D eigenvalue weighted by atomic mass is 16.5. The van der Waals surface area contributed by atoms with Crippen molar-refractivity contribution in [1.82, 2.24) is 0 Å². The predicted octanol–water partition coefficient (Wildman–Crippen LogP) is 3.93. The minimum Gasteiger partial charge on any atom is -0.508 e. The molecule has 0 unspecified atom stereocenters. The lowest BCUT2D eigenvalue weighted by molar-refractivity contribution is 0.416. The number of aromatic hydroxyl groups is 2. The summed E-state index contributed by atoms with van der Waals surface area (Å²) in [6.07, 6.45) is 0. The summed E-state index contributed by atoms with van der Waals surface area (Å²) in [5, 5.41) is 21.8. The number of methoxy groups -OCH3 is 1. The second-order valence-electron chi connectivity index (χ2n) is 4.57. The molecule has 0 aromatic heterocycles. The van der Waals surface area contributed by atoms with Gasteiger partial charge in [-0.25, -0.2) is 0 Å². The molecule has 0 aliphatic carbocycles. The number of hydrogen-bond donors (Lipinski definition) is 2. The van der Waals surface area contributed by atoms with Crippen LogP contribution in [0.15, 0.2) is 54.6 Å². The van der Waals surface area contributed by atoms with Gasteiger partial charge in [-0.15, -0.1) is 0 Å². The molecule has 3 heteroatoms. The van der Waals surface area contributed by atoms with Gasteiger partial charge in [-0.3, -0.25) is 0 Å². The second kappa shape index (κ2) is 4.78. The van der Waals surface area contributed by atoms with Crippen LogP contribution in [0.5, 0.6) is 17.2 Å². The summed E-state index contributed by atoms with van der Waals surface area (Å²) in [6, 6.07) is 16.2. The van der Waals surface area contributed by atoms with Crippen LogP contribution in [0.25, 0.3) is 21.9 Å². The van der Waals surface area contributed by atoms with Crippen LogP contribution in [0.3, 0.4) is 0 Å². The van der Waals surface area contributed by atoms with Gasteiger partial charge in [0, 0.05) is 11.1 Å². The van der Waals surface area contributed by atoms with Crippen LogP contribution in [0, 0.1) is 0 Å². The summed E-state index contributed by atoms with van der Waals surface area (Å²) in [4.78, 5) is 0. The molecule has 3 rings (SSSR count). The summed E-state index contributed by atoms with van der Waals surface area (Å²) in [6.45, 7) is 0. The summed E-state index contributed by atoms with van der Waals surface area (Å²) in [7, 11) is 1.59. The molecule has 20 heavy (non-hydrogen) atoms. The number of hydrogen-bond acceptors (Lipinski definition) is 3. The van der Waals surface area contributed by atoms with E-state index in [9.17, 15) is 10.2 Å². The third-order valence-electron chi connectivity index (χ3n) is 3.36. The summed E-state index contributed by atoms with van der Waals surface area (Å²) in [5.41, 5.74) is 1.33. The van der Waals surface area contributed by atoms with Gasteiger partial charge in [0.2, 0.25) is 0 Å². The van der Waals surface area contributed by atoms with Crippen molar-refractivity contribution in [1.29, 1.82) is 0 Å². The summed E-state index contributed by atoms with van der Waals surface area (Å²) in [5.74, 6) is 0.870. The van der Waals surface area contributed by atoms with Crippen molar-refractivity contribution >= 4 is 10.8 Å². The molecule has 0 aliphatic rings. The van der Waals surface area contributed by atoms with Crippen molar-refractivity contribution in [3.63, 3.8) is 0 Å². The molecule has 0 saturated heterocycles. The Hall–Kier alpha value is -2.68. The van der Waals surface area contributed by atoms with Gasteiger partial charge >= 0.3 is 0 Å². The normalized spacial score (nSPS) is 10.7. The van der Waals surface area contributed by atoms with E-state index in [4.69, 9.17) is 4.74 Å². The lowest BCUT2D eigenvalue weighted by Gasteiger charge is -2.13. The number of ether oxygens (including phenoxy) is 1. The Labute approximate surface area is 116 Å². The van der Waals surface area contributed by atoms with Crippen LogP contribution in [0.1, 0.15) is 0 Å². The van der Waals surface area contributed by atoms with Gasteiger partial charge in [0.15, 0.2) is 0 Å². The first kappa shape index (κ1) is 12.4. The van der Waals surface area contributed by atoms with Crippen LogP contribution in [0.2, 0.25) is 0 Å². The van der Waals surface area contributed by atoms with Gasteiger partial charge < -0.3 is 14.9 Å². The van der Waals surface area contributed by atoms with Crippen molar-refractivity contribution in [2.24, 2.45) is 0 Å². The number of rotatable bonds is 2. The van der Waals surface area contributed by atoms with Crippen molar-refractivity contribution in [3.05, 3.63) is 54.6 Å². The Morgan fingerprint density at radius 1 is 0.900 bits per heavy atom. The molecule has 3 aromatic rings. The first-order chi connectivity index (χ1) is 9.70. The SMILES string of the molecule is COc1ccc2ccccc2c1-c1cc(O)ccc1O. The first-order valence-electron chi connectivity index (χ1n) is 6.29. The molecule has 0 radical (unpaired) electrons. The van der Waals surface area contributed by atoms with E-state index < -0.39 is 0 Å². The quantitative estimate of drug-likeness (QED) is 0.691. The predicted molar refractivity (Wildman–Crippen MR) is 79.3 cm³/mol. The molecule has 0 atom stereocenters. The van der Waals surface area contributed by atoms with Crippen molar-refractivity contribution in [2.75, 3.05) is 7.11 Å². The van der Waals surface area contributed by atoms with E-state index in [1.807, 2.05) is 36.4 Å². The van der Waals surface area contributed by atoms with Crippen LogP contribution >= 0.6 is 0 Å². The lowest BCUT2D eigenvalue weighted by atomic mass is 9.96. The number of phenolic OH excluding ortho intramolecular Hbond substituents is 2. The molecule has 0 saturated carbocycles. The largest absolute Gasteiger partial charge is 0.508 e. The fourth-order valence-electron chi connectivity index (χ4n) is 2.42. The average Bonchev–Trinajstić information content (AvgIpc) is 2.48. The molecule has 0 amide bonds. The topological polar surface area (TPSA) is 49.7 Å². The van der Waals surface area contributed by atoms with E-state index in [1.54, 1.807) is 13.2 Å². The Bertz CT molecular complexity index is 778. The minimum absolute atomic E-state index is 0.104. The van der Waals surface area contributed by atoms with Crippen molar-refractivity contribution < 1.29 is 14.9 Å². The molecular formula is C17H14O3. The molecule has 0 aliphatic heterocycles. The van der Waals surface area contributed by atoms with E-state index in [-0.39, 0.29) is 11.5 Å². The van der Waals surface area contributed by atoms with Gasteiger partial charge in [0.05, 0.1) is 7.11 Å². The smallest absolute Gasteiger partial charge is 0.127 e. The molecule has 2 N–H and O–H groups in total. The molecule has 3 aromatic carbocycles. The zero-order chi connectivity index (χ0) is 14.1. The molecule has 0 fully saturated rings. The van der Waals surface area contributed by atoms with Crippen molar-refractivity contribution in [3.8, 4) is 28.4 Å². The highest BCUT2D eigenvalue weighted by molar-refractivity contribution is 6.01. The monoisotopic (exact) mass is 266 g/mol. The van der Waals surface area contributed by atoms with Crippen LogP contribution in [-0.2, 0) is 0 Å². The Morgan fingerprint density at radius 3 is 2.50 bits per heavy atom. The zero-order valence-corrected chi connectivity index (χ0v) is 11.0. The number of benzene rings is 3. The lowest BCUT2D eigenvalue weighted by Crippen LogP contribution is -1.90. The maximum Gasteiger partial charge on any atom is 0.127 e. The van der Waals surface area contributed by atoms with E-state index in [0.29, 0.717) is 11.3 Å². The fraction of sp³-hybridized carbons (Fsp3) is 0.0588. The van der Waals surface area contributed by atoms with Crippen molar-refractivity contribution in [2.45, 2.75) is 0 Å².